The number of rotatable bonds is 1. The summed E-state index contributed by atoms with van der Waals surface area (Å²) < 4.78 is 1.69. The van der Waals surface area contributed by atoms with Crippen molar-refractivity contribution in [3.05, 3.63) is 47.1 Å². The molecule has 0 saturated carbocycles. The van der Waals surface area contributed by atoms with Crippen LogP contribution in [0.5, 0.6) is 0 Å². The SMILES string of the molecule is Cc1ccc(-c2nc3cc(Cl)ccn3n2)cc1N. The molecule has 2 aromatic heterocycles. The van der Waals surface area contributed by atoms with Crippen LogP contribution in [-0.2, 0) is 0 Å². The van der Waals surface area contributed by atoms with Gasteiger partial charge in [-0.3, -0.25) is 0 Å². The van der Waals surface area contributed by atoms with Crippen LogP contribution < -0.4 is 5.73 Å². The Bertz CT molecular complexity index is 733. The van der Waals surface area contributed by atoms with E-state index in [0.29, 0.717) is 10.8 Å². The zero-order valence-electron chi connectivity index (χ0n) is 9.76. The summed E-state index contributed by atoms with van der Waals surface area (Å²) in [6.45, 7) is 1.97. The molecular formula is C13H11ClN4. The van der Waals surface area contributed by atoms with Crippen LogP contribution in [0.4, 0.5) is 5.69 Å². The van der Waals surface area contributed by atoms with Gasteiger partial charge in [-0.15, -0.1) is 5.10 Å². The highest BCUT2D eigenvalue weighted by Gasteiger charge is 2.07. The third-order valence-electron chi connectivity index (χ3n) is 2.84. The highest BCUT2D eigenvalue weighted by atomic mass is 35.5. The molecule has 2 N–H and O–H groups in total. The number of hydrogen-bond donors (Lipinski definition) is 1. The number of nitrogen functional groups attached to an aromatic ring is 1. The van der Waals surface area contributed by atoms with Crippen molar-refractivity contribution in [1.29, 1.82) is 0 Å². The number of benzene rings is 1. The van der Waals surface area contributed by atoms with E-state index in [-0.39, 0.29) is 0 Å². The van der Waals surface area contributed by atoms with Gasteiger partial charge in [-0.05, 0) is 24.6 Å². The molecule has 0 spiro atoms. The number of halogens is 1. The summed E-state index contributed by atoms with van der Waals surface area (Å²) in [4.78, 5) is 4.43. The largest absolute Gasteiger partial charge is 0.398 e. The summed E-state index contributed by atoms with van der Waals surface area (Å²) in [7, 11) is 0. The molecular weight excluding hydrogens is 248 g/mol. The van der Waals surface area contributed by atoms with Crippen LogP contribution in [0.25, 0.3) is 17.0 Å². The molecule has 5 heteroatoms. The van der Waals surface area contributed by atoms with Crippen molar-refractivity contribution in [1.82, 2.24) is 14.6 Å². The average molecular weight is 259 g/mol. The van der Waals surface area contributed by atoms with Gasteiger partial charge < -0.3 is 5.73 Å². The lowest BCUT2D eigenvalue weighted by atomic mass is 10.1. The van der Waals surface area contributed by atoms with Crippen LogP contribution in [0.3, 0.4) is 0 Å². The van der Waals surface area contributed by atoms with Gasteiger partial charge in [0, 0.05) is 28.5 Å². The smallest absolute Gasteiger partial charge is 0.182 e. The molecule has 0 unspecified atom stereocenters. The molecule has 0 aliphatic carbocycles. The lowest BCUT2D eigenvalue weighted by Gasteiger charge is -2.00. The molecule has 4 nitrogen and oxygen atoms in total. The van der Waals surface area contributed by atoms with E-state index < -0.39 is 0 Å². The van der Waals surface area contributed by atoms with E-state index in [0.717, 1.165) is 22.5 Å². The Kier molecular flexibility index (Phi) is 2.45. The molecule has 18 heavy (non-hydrogen) atoms. The Morgan fingerprint density at radius 1 is 1.22 bits per heavy atom. The quantitative estimate of drug-likeness (QED) is 0.683. The van der Waals surface area contributed by atoms with Gasteiger partial charge in [-0.1, -0.05) is 23.7 Å². The maximum Gasteiger partial charge on any atom is 0.182 e. The first-order chi connectivity index (χ1) is 8.63. The Balaban J connectivity index is 2.16. The van der Waals surface area contributed by atoms with Crippen molar-refractivity contribution in [2.24, 2.45) is 0 Å². The number of anilines is 1. The molecule has 3 aromatic rings. The zero-order valence-corrected chi connectivity index (χ0v) is 10.5. The van der Waals surface area contributed by atoms with Gasteiger partial charge in [0.25, 0.3) is 0 Å². The molecule has 2 heterocycles. The van der Waals surface area contributed by atoms with Gasteiger partial charge in [0.2, 0.25) is 0 Å². The summed E-state index contributed by atoms with van der Waals surface area (Å²) >= 11 is 5.92. The standard InChI is InChI=1S/C13H11ClN4/c1-8-2-3-9(6-11(8)15)13-16-12-7-10(14)4-5-18(12)17-13/h2-7H,15H2,1H3. The van der Waals surface area contributed by atoms with Crippen molar-refractivity contribution in [3.63, 3.8) is 0 Å². The molecule has 0 amide bonds. The predicted molar refractivity (Wildman–Crippen MR) is 72.6 cm³/mol. The van der Waals surface area contributed by atoms with E-state index in [9.17, 15) is 0 Å². The molecule has 90 valence electrons. The fraction of sp³-hybridized carbons (Fsp3) is 0.0769. The van der Waals surface area contributed by atoms with Crippen LogP contribution >= 0.6 is 11.6 Å². The van der Waals surface area contributed by atoms with Gasteiger partial charge in [-0.25, -0.2) is 9.50 Å². The summed E-state index contributed by atoms with van der Waals surface area (Å²) in [6.07, 6.45) is 1.78. The second-order valence-corrected chi connectivity index (χ2v) is 4.59. The van der Waals surface area contributed by atoms with E-state index in [1.807, 2.05) is 25.1 Å². The van der Waals surface area contributed by atoms with Gasteiger partial charge in [0.15, 0.2) is 11.5 Å². The minimum atomic E-state index is 0.643. The van der Waals surface area contributed by atoms with Crippen LogP contribution in [0.15, 0.2) is 36.5 Å². The van der Waals surface area contributed by atoms with Crippen molar-refractivity contribution in [2.45, 2.75) is 6.92 Å². The van der Waals surface area contributed by atoms with E-state index in [1.165, 1.54) is 0 Å². The predicted octanol–water partition coefficient (Wildman–Crippen LogP) is 2.94. The van der Waals surface area contributed by atoms with Gasteiger partial charge in [0.05, 0.1) is 0 Å². The number of nitrogens with two attached hydrogens (primary N) is 1. The Labute approximate surface area is 109 Å². The fourth-order valence-electron chi connectivity index (χ4n) is 1.76. The molecule has 0 aliphatic rings. The molecule has 0 fully saturated rings. The number of nitrogens with zero attached hydrogens (tertiary/aromatic N) is 3. The third kappa shape index (κ3) is 1.80. The number of aryl methyl sites for hydroxylation is 1. The number of aromatic nitrogens is 3. The highest BCUT2D eigenvalue weighted by molar-refractivity contribution is 6.30. The maximum absolute atomic E-state index is 5.92. The van der Waals surface area contributed by atoms with Crippen LogP contribution in [0.1, 0.15) is 5.56 Å². The summed E-state index contributed by atoms with van der Waals surface area (Å²) in [6, 6.07) is 9.35. The summed E-state index contributed by atoms with van der Waals surface area (Å²) in [5.74, 6) is 0.643. The normalized spacial score (nSPS) is 11.0. The first-order valence-corrected chi connectivity index (χ1v) is 5.90. The Morgan fingerprint density at radius 3 is 2.83 bits per heavy atom. The minimum absolute atomic E-state index is 0.643. The van der Waals surface area contributed by atoms with Crippen LogP contribution in [0.2, 0.25) is 5.02 Å². The van der Waals surface area contributed by atoms with E-state index in [4.69, 9.17) is 17.3 Å². The van der Waals surface area contributed by atoms with Gasteiger partial charge >= 0.3 is 0 Å². The second-order valence-electron chi connectivity index (χ2n) is 4.15. The van der Waals surface area contributed by atoms with E-state index in [1.54, 1.807) is 22.8 Å². The molecule has 0 atom stereocenters. The lowest BCUT2D eigenvalue weighted by Crippen LogP contribution is -1.91. The number of fused-ring (bicyclic) bond motifs is 1. The molecule has 0 radical (unpaired) electrons. The second kappa shape index (κ2) is 3.99. The number of pyridine rings is 1. The first-order valence-electron chi connectivity index (χ1n) is 5.52. The highest BCUT2D eigenvalue weighted by Crippen LogP contribution is 2.22. The zero-order chi connectivity index (χ0) is 12.7. The van der Waals surface area contributed by atoms with Crippen molar-refractivity contribution >= 4 is 22.9 Å². The molecule has 1 aromatic carbocycles. The topological polar surface area (TPSA) is 56.2 Å². The third-order valence-corrected chi connectivity index (χ3v) is 3.07. The van der Waals surface area contributed by atoms with Crippen molar-refractivity contribution < 1.29 is 0 Å². The lowest BCUT2D eigenvalue weighted by molar-refractivity contribution is 0.966. The summed E-state index contributed by atoms with van der Waals surface area (Å²) in [5.41, 5.74) is 9.30. The van der Waals surface area contributed by atoms with E-state index >= 15 is 0 Å². The summed E-state index contributed by atoms with van der Waals surface area (Å²) in [5, 5.41) is 5.03. The Hall–Kier alpha value is -2.07. The van der Waals surface area contributed by atoms with Crippen LogP contribution in [0, 0.1) is 6.92 Å². The molecule has 0 saturated heterocycles. The molecule has 0 bridgehead atoms. The first kappa shape index (κ1) is 11.0. The van der Waals surface area contributed by atoms with Crippen molar-refractivity contribution in [2.75, 3.05) is 5.73 Å². The monoisotopic (exact) mass is 258 g/mol. The molecule has 3 rings (SSSR count). The Morgan fingerprint density at radius 2 is 2.06 bits per heavy atom. The molecule has 0 aliphatic heterocycles. The average Bonchev–Trinajstić information content (AvgIpc) is 2.75. The minimum Gasteiger partial charge on any atom is -0.398 e. The number of hydrogen-bond acceptors (Lipinski definition) is 3. The van der Waals surface area contributed by atoms with Gasteiger partial charge in [-0.2, -0.15) is 0 Å². The van der Waals surface area contributed by atoms with Crippen molar-refractivity contribution in [3.8, 4) is 11.4 Å². The van der Waals surface area contributed by atoms with Crippen LogP contribution in [-0.4, -0.2) is 14.6 Å². The maximum atomic E-state index is 5.92. The fourth-order valence-corrected chi connectivity index (χ4v) is 1.91. The van der Waals surface area contributed by atoms with E-state index in [2.05, 4.69) is 10.1 Å². The van der Waals surface area contributed by atoms with Gasteiger partial charge in [0.1, 0.15) is 0 Å².